The molecule has 1 saturated heterocycles. The number of piperazine rings is 1. The van der Waals surface area contributed by atoms with Crippen molar-refractivity contribution in [1.82, 2.24) is 19.2 Å². The molecule has 3 aromatic rings. The van der Waals surface area contributed by atoms with E-state index in [1.807, 2.05) is 60.1 Å². The summed E-state index contributed by atoms with van der Waals surface area (Å²) in [6.45, 7) is 8.74. The van der Waals surface area contributed by atoms with Gasteiger partial charge in [0.25, 0.3) is 5.91 Å². The number of rotatable bonds is 8. The lowest BCUT2D eigenvalue weighted by molar-refractivity contribution is 0.0785. The number of aromatic nitrogens is 2. The molecule has 1 amide bonds. The Kier molecular flexibility index (Phi) is 7.08. The molecule has 7 nitrogen and oxygen atoms in total. The number of amides is 1. The standard InChI is InChI=1S/C26H33N5O2/c1-4-5-13-28(3)26(33)25-23(31-14-7-6-8-24(31)27-25)19-29-15-17-30(18-16-29)22-11-9-21(10-12-22)20(2)32/h6-12,14H,4-5,13,15-19H2,1-3H3. The first-order valence-electron chi connectivity index (χ1n) is 11.8. The lowest BCUT2D eigenvalue weighted by atomic mass is 10.1. The van der Waals surface area contributed by atoms with E-state index in [-0.39, 0.29) is 11.7 Å². The first-order valence-corrected chi connectivity index (χ1v) is 11.8. The number of benzene rings is 1. The second kappa shape index (κ2) is 10.2. The molecular weight excluding hydrogens is 414 g/mol. The third kappa shape index (κ3) is 5.09. The van der Waals surface area contributed by atoms with E-state index in [4.69, 9.17) is 4.98 Å². The average Bonchev–Trinajstić information content (AvgIpc) is 3.21. The number of ketones is 1. The van der Waals surface area contributed by atoms with Crippen LogP contribution in [-0.2, 0) is 6.54 Å². The molecule has 1 aliphatic rings. The van der Waals surface area contributed by atoms with Gasteiger partial charge in [-0.1, -0.05) is 19.4 Å². The quantitative estimate of drug-likeness (QED) is 0.493. The molecule has 1 aliphatic heterocycles. The van der Waals surface area contributed by atoms with Crippen LogP contribution >= 0.6 is 0 Å². The lowest BCUT2D eigenvalue weighted by Gasteiger charge is -2.36. The summed E-state index contributed by atoms with van der Waals surface area (Å²) >= 11 is 0. The first kappa shape index (κ1) is 23.0. The van der Waals surface area contributed by atoms with Crippen molar-refractivity contribution in [2.75, 3.05) is 44.7 Å². The third-order valence-corrected chi connectivity index (χ3v) is 6.41. The Bertz CT molecular complexity index is 1110. The Labute approximate surface area is 195 Å². The topological polar surface area (TPSA) is 61.2 Å². The maximum atomic E-state index is 13.2. The van der Waals surface area contributed by atoms with Gasteiger partial charge in [0.15, 0.2) is 11.5 Å². The van der Waals surface area contributed by atoms with Crippen LogP contribution in [0.4, 0.5) is 5.69 Å². The van der Waals surface area contributed by atoms with Gasteiger partial charge in [-0.15, -0.1) is 0 Å². The number of hydrogen-bond donors (Lipinski definition) is 0. The Hall–Kier alpha value is -3.19. The fourth-order valence-electron chi connectivity index (χ4n) is 4.33. The van der Waals surface area contributed by atoms with E-state index >= 15 is 0 Å². The van der Waals surface area contributed by atoms with Crippen molar-refractivity contribution < 1.29 is 9.59 Å². The summed E-state index contributed by atoms with van der Waals surface area (Å²) in [5.74, 6) is 0.0800. The van der Waals surface area contributed by atoms with Gasteiger partial charge in [0, 0.05) is 63.8 Å². The van der Waals surface area contributed by atoms with Gasteiger partial charge < -0.3 is 14.2 Å². The maximum Gasteiger partial charge on any atom is 0.274 e. The highest BCUT2D eigenvalue weighted by atomic mass is 16.2. The molecule has 2 aromatic heterocycles. The van der Waals surface area contributed by atoms with Crippen molar-refractivity contribution in [2.24, 2.45) is 0 Å². The minimum Gasteiger partial charge on any atom is -0.369 e. The number of fused-ring (bicyclic) bond motifs is 1. The number of pyridine rings is 1. The largest absolute Gasteiger partial charge is 0.369 e. The van der Waals surface area contributed by atoms with Crippen LogP contribution in [0.15, 0.2) is 48.7 Å². The summed E-state index contributed by atoms with van der Waals surface area (Å²) in [5.41, 5.74) is 4.21. The SMILES string of the molecule is CCCCN(C)C(=O)c1nc2ccccn2c1CN1CCN(c2ccc(C(C)=O)cc2)CC1. The molecule has 0 atom stereocenters. The van der Waals surface area contributed by atoms with Gasteiger partial charge in [0.1, 0.15) is 5.65 Å². The molecule has 3 heterocycles. The summed E-state index contributed by atoms with van der Waals surface area (Å²) in [5, 5.41) is 0. The van der Waals surface area contributed by atoms with Crippen molar-refractivity contribution >= 4 is 23.0 Å². The monoisotopic (exact) mass is 447 g/mol. The molecular formula is C26H33N5O2. The van der Waals surface area contributed by atoms with Crippen LogP contribution in [0.5, 0.6) is 0 Å². The highest BCUT2D eigenvalue weighted by Gasteiger charge is 2.25. The number of anilines is 1. The van der Waals surface area contributed by atoms with E-state index in [0.29, 0.717) is 12.2 Å². The Morgan fingerprint density at radius 3 is 2.42 bits per heavy atom. The van der Waals surface area contributed by atoms with Gasteiger partial charge in [-0.05, 0) is 49.7 Å². The second-order valence-corrected chi connectivity index (χ2v) is 8.78. The molecule has 0 N–H and O–H groups in total. The van der Waals surface area contributed by atoms with Crippen molar-refractivity contribution in [3.05, 3.63) is 65.6 Å². The van der Waals surface area contributed by atoms with Crippen molar-refractivity contribution in [1.29, 1.82) is 0 Å². The van der Waals surface area contributed by atoms with E-state index < -0.39 is 0 Å². The summed E-state index contributed by atoms with van der Waals surface area (Å²) in [6, 6.07) is 13.7. The second-order valence-electron chi connectivity index (χ2n) is 8.78. The number of carbonyl (C=O) groups excluding carboxylic acids is 2. The predicted octanol–water partition coefficient (Wildman–Crippen LogP) is 3.73. The van der Waals surface area contributed by atoms with Crippen LogP contribution in [0.1, 0.15) is 53.2 Å². The Morgan fingerprint density at radius 1 is 1.03 bits per heavy atom. The van der Waals surface area contributed by atoms with E-state index in [1.54, 1.807) is 11.8 Å². The van der Waals surface area contributed by atoms with Crippen molar-refractivity contribution in [2.45, 2.75) is 33.2 Å². The number of unbranched alkanes of at least 4 members (excludes halogenated alkanes) is 1. The van der Waals surface area contributed by atoms with Crippen LogP contribution in [-0.4, -0.2) is 70.6 Å². The average molecular weight is 448 g/mol. The number of carbonyl (C=O) groups is 2. The minimum atomic E-state index is -0.00801. The first-order chi connectivity index (χ1) is 16.0. The molecule has 0 aliphatic carbocycles. The predicted molar refractivity (Wildman–Crippen MR) is 131 cm³/mol. The van der Waals surface area contributed by atoms with Gasteiger partial charge >= 0.3 is 0 Å². The van der Waals surface area contributed by atoms with Crippen LogP contribution < -0.4 is 4.90 Å². The van der Waals surface area contributed by atoms with Crippen LogP contribution in [0.2, 0.25) is 0 Å². The summed E-state index contributed by atoms with van der Waals surface area (Å²) < 4.78 is 2.05. The normalized spacial score (nSPS) is 14.6. The van der Waals surface area contributed by atoms with Crippen molar-refractivity contribution in [3.8, 4) is 0 Å². The number of Topliss-reactive ketones (excluding diaryl/α,β-unsaturated/α-hetero) is 1. The van der Waals surface area contributed by atoms with Crippen LogP contribution in [0.25, 0.3) is 5.65 Å². The molecule has 0 bridgehead atoms. The van der Waals surface area contributed by atoms with Gasteiger partial charge in [0.05, 0.1) is 5.69 Å². The van der Waals surface area contributed by atoms with Gasteiger partial charge in [0.2, 0.25) is 0 Å². The zero-order valence-corrected chi connectivity index (χ0v) is 19.8. The maximum absolute atomic E-state index is 13.2. The summed E-state index contributed by atoms with van der Waals surface area (Å²) in [4.78, 5) is 36.0. The van der Waals surface area contributed by atoms with Gasteiger partial charge in [-0.25, -0.2) is 4.98 Å². The fraction of sp³-hybridized carbons (Fsp3) is 0.423. The summed E-state index contributed by atoms with van der Waals surface area (Å²) in [7, 11) is 1.86. The van der Waals surface area contributed by atoms with Crippen molar-refractivity contribution in [3.63, 3.8) is 0 Å². The molecule has 7 heteroatoms. The number of nitrogens with zero attached hydrogens (tertiary/aromatic N) is 5. The van der Waals surface area contributed by atoms with Crippen LogP contribution in [0.3, 0.4) is 0 Å². The van der Waals surface area contributed by atoms with Gasteiger partial charge in [-0.2, -0.15) is 0 Å². The van der Waals surface area contributed by atoms with E-state index in [0.717, 1.165) is 68.2 Å². The smallest absolute Gasteiger partial charge is 0.274 e. The molecule has 1 aromatic carbocycles. The Morgan fingerprint density at radius 2 is 1.76 bits per heavy atom. The Balaban J connectivity index is 1.48. The molecule has 33 heavy (non-hydrogen) atoms. The van der Waals surface area contributed by atoms with E-state index in [9.17, 15) is 9.59 Å². The highest BCUT2D eigenvalue weighted by Crippen LogP contribution is 2.21. The van der Waals surface area contributed by atoms with E-state index in [1.165, 1.54) is 0 Å². The molecule has 0 radical (unpaired) electrons. The molecule has 0 saturated carbocycles. The molecule has 0 unspecified atom stereocenters. The zero-order chi connectivity index (χ0) is 23.4. The lowest BCUT2D eigenvalue weighted by Crippen LogP contribution is -2.46. The van der Waals surface area contributed by atoms with E-state index in [2.05, 4.69) is 16.7 Å². The summed E-state index contributed by atoms with van der Waals surface area (Å²) in [6.07, 6.45) is 4.03. The van der Waals surface area contributed by atoms with Gasteiger partial charge in [-0.3, -0.25) is 14.5 Å². The molecule has 4 rings (SSSR count). The zero-order valence-electron chi connectivity index (χ0n) is 19.8. The number of hydrogen-bond acceptors (Lipinski definition) is 5. The third-order valence-electron chi connectivity index (χ3n) is 6.41. The number of imidazole rings is 1. The minimum absolute atomic E-state index is 0.00801. The molecule has 1 fully saturated rings. The highest BCUT2D eigenvalue weighted by molar-refractivity contribution is 5.94. The van der Waals surface area contributed by atoms with Crippen LogP contribution in [0, 0.1) is 0 Å². The molecule has 174 valence electrons. The fourth-order valence-corrected chi connectivity index (χ4v) is 4.33. The molecule has 0 spiro atoms.